The van der Waals surface area contributed by atoms with Crippen molar-refractivity contribution in [3.05, 3.63) is 56.3 Å². The van der Waals surface area contributed by atoms with Crippen LogP contribution in [0.15, 0.2) is 39.9 Å². The van der Waals surface area contributed by atoms with Gasteiger partial charge in [0.1, 0.15) is 11.4 Å². The fourth-order valence-corrected chi connectivity index (χ4v) is 4.16. The van der Waals surface area contributed by atoms with Crippen molar-refractivity contribution in [2.75, 3.05) is 75.8 Å². The summed E-state index contributed by atoms with van der Waals surface area (Å²) in [6.07, 6.45) is 0.948. The number of nitrogens with zero attached hydrogens (tertiary/aromatic N) is 3. The summed E-state index contributed by atoms with van der Waals surface area (Å²) < 4.78 is 5.36. The number of nitrogens with one attached hydrogen (secondary N) is 1. The molecule has 4 rings (SSSR count). The minimum atomic E-state index is -0.363. The average Bonchev–Trinajstić information content (AvgIpc) is 2.77. The van der Waals surface area contributed by atoms with E-state index >= 15 is 0 Å². The van der Waals surface area contributed by atoms with E-state index in [0.717, 1.165) is 72.0 Å². The maximum atomic E-state index is 12.2. The molecule has 156 valence electrons. The van der Waals surface area contributed by atoms with Crippen LogP contribution in [0.5, 0.6) is 0 Å². The summed E-state index contributed by atoms with van der Waals surface area (Å²) in [7, 11) is 0. The Balaban J connectivity index is 1.26. The van der Waals surface area contributed by atoms with Crippen molar-refractivity contribution < 1.29 is 4.74 Å². The first-order valence-electron chi connectivity index (χ1n) is 10.6. The van der Waals surface area contributed by atoms with Gasteiger partial charge in [0, 0.05) is 52.4 Å². The molecule has 2 aromatic rings. The molecule has 2 fully saturated rings. The van der Waals surface area contributed by atoms with Gasteiger partial charge in [0.2, 0.25) is 0 Å². The van der Waals surface area contributed by atoms with E-state index in [-0.39, 0.29) is 10.9 Å². The number of benzene rings is 1. The van der Waals surface area contributed by atoms with Gasteiger partial charge >= 0.3 is 0 Å². The monoisotopic (exact) mass is 398 g/mol. The van der Waals surface area contributed by atoms with Gasteiger partial charge in [0.15, 0.2) is 0 Å². The number of hydrogen-bond donors (Lipinski definition) is 1. The van der Waals surface area contributed by atoms with Crippen LogP contribution >= 0.6 is 0 Å². The lowest BCUT2D eigenvalue weighted by atomic mass is 10.1. The quantitative estimate of drug-likeness (QED) is 0.520. The zero-order valence-corrected chi connectivity index (χ0v) is 16.9. The second-order valence-corrected chi connectivity index (χ2v) is 7.86. The van der Waals surface area contributed by atoms with Gasteiger partial charge in [0.25, 0.3) is 10.9 Å². The van der Waals surface area contributed by atoms with Crippen LogP contribution in [0, 0.1) is 0 Å². The molecule has 2 aliphatic rings. The van der Waals surface area contributed by atoms with Crippen molar-refractivity contribution in [1.82, 2.24) is 9.80 Å². The predicted octanol–water partition coefficient (Wildman–Crippen LogP) is 0.739. The van der Waals surface area contributed by atoms with Crippen molar-refractivity contribution >= 4 is 11.4 Å². The van der Waals surface area contributed by atoms with E-state index in [1.54, 1.807) is 0 Å². The van der Waals surface area contributed by atoms with Crippen molar-refractivity contribution in [3.8, 4) is 0 Å². The van der Waals surface area contributed by atoms with E-state index in [4.69, 9.17) is 4.74 Å². The fraction of sp³-hybridized carbons (Fsp3) is 0.545. The second kappa shape index (κ2) is 9.52. The third-order valence-corrected chi connectivity index (χ3v) is 5.88. The van der Waals surface area contributed by atoms with Crippen molar-refractivity contribution in [3.63, 3.8) is 0 Å². The highest BCUT2D eigenvalue weighted by atomic mass is 16.5. The third kappa shape index (κ3) is 4.86. The van der Waals surface area contributed by atoms with Gasteiger partial charge in [-0.15, -0.1) is 0 Å². The maximum Gasteiger partial charge on any atom is 0.253 e. The summed E-state index contributed by atoms with van der Waals surface area (Å²) in [5, 5.41) is 3.23. The largest absolute Gasteiger partial charge is 0.380 e. The van der Waals surface area contributed by atoms with Crippen LogP contribution in [0.2, 0.25) is 0 Å². The van der Waals surface area contributed by atoms with Gasteiger partial charge < -0.3 is 15.0 Å². The first kappa shape index (κ1) is 20.1. The molecule has 0 unspecified atom stereocenters. The van der Waals surface area contributed by atoms with E-state index in [9.17, 15) is 9.59 Å². The smallest absolute Gasteiger partial charge is 0.253 e. The highest BCUT2D eigenvalue weighted by Crippen LogP contribution is 2.22. The van der Waals surface area contributed by atoms with Crippen LogP contribution in [0.3, 0.4) is 0 Å². The topological polar surface area (TPSA) is 65.1 Å². The minimum Gasteiger partial charge on any atom is -0.380 e. The van der Waals surface area contributed by atoms with E-state index in [1.165, 1.54) is 5.56 Å². The van der Waals surface area contributed by atoms with Gasteiger partial charge in [0.05, 0.1) is 13.2 Å². The van der Waals surface area contributed by atoms with Crippen molar-refractivity contribution in [2.45, 2.75) is 13.0 Å². The van der Waals surface area contributed by atoms with Crippen LogP contribution < -0.4 is 21.1 Å². The fourth-order valence-electron chi connectivity index (χ4n) is 4.16. The zero-order chi connectivity index (χ0) is 20.1. The molecule has 0 spiro atoms. The maximum absolute atomic E-state index is 12.2. The van der Waals surface area contributed by atoms with Gasteiger partial charge in [-0.2, -0.15) is 0 Å². The summed E-state index contributed by atoms with van der Waals surface area (Å²) in [4.78, 5) is 31.1. The Bertz CT molecular complexity index is 849. The number of morpholine rings is 1. The van der Waals surface area contributed by atoms with Crippen LogP contribution in [-0.4, -0.2) is 75.4 Å². The van der Waals surface area contributed by atoms with Crippen molar-refractivity contribution in [1.29, 1.82) is 0 Å². The molecular formula is C22H30N4O3. The summed E-state index contributed by atoms with van der Waals surface area (Å²) >= 11 is 0. The molecule has 0 aromatic heterocycles. The van der Waals surface area contributed by atoms with E-state index in [0.29, 0.717) is 17.9 Å². The molecule has 2 aliphatic heterocycles. The molecule has 7 nitrogen and oxygen atoms in total. The Morgan fingerprint density at radius 2 is 1.59 bits per heavy atom. The summed E-state index contributed by atoms with van der Waals surface area (Å²) in [6, 6.07) is 10.4. The lowest BCUT2D eigenvalue weighted by molar-refractivity contribution is 0.0378. The predicted molar refractivity (Wildman–Crippen MR) is 116 cm³/mol. The van der Waals surface area contributed by atoms with Gasteiger partial charge in [-0.3, -0.25) is 19.4 Å². The first-order valence-corrected chi connectivity index (χ1v) is 10.6. The number of hydrogen-bond acceptors (Lipinski definition) is 7. The lowest BCUT2D eigenvalue weighted by Gasteiger charge is -2.37. The van der Waals surface area contributed by atoms with Crippen LogP contribution in [0.4, 0.5) is 11.4 Å². The molecule has 1 N–H and O–H groups in total. The second-order valence-electron chi connectivity index (χ2n) is 7.86. The molecule has 2 saturated heterocycles. The molecule has 0 bridgehead atoms. The Hall–Kier alpha value is -2.22. The zero-order valence-electron chi connectivity index (χ0n) is 16.9. The molecule has 7 heteroatoms. The first-order chi connectivity index (χ1) is 14.2. The SMILES string of the molecule is O=c1c(NCCCN2CCOCC2)c(N2CCN(Cc3ccccc3)CC2)c1=O. The summed E-state index contributed by atoms with van der Waals surface area (Å²) in [5.74, 6) is 0. The number of ether oxygens (including phenoxy) is 1. The number of rotatable bonds is 8. The molecule has 2 aromatic carbocycles. The average molecular weight is 399 g/mol. The summed E-state index contributed by atoms with van der Waals surface area (Å²) in [5.41, 5.74) is 1.72. The van der Waals surface area contributed by atoms with E-state index in [2.05, 4.69) is 44.3 Å². The van der Waals surface area contributed by atoms with E-state index < -0.39 is 0 Å². The number of piperazine rings is 1. The molecule has 0 aliphatic carbocycles. The van der Waals surface area contributed by atoms with Gasteiger partial charge in [-0.05, 0) is 18.5 Å². The highest BCUT2D eigenvalue weighted by Gasteiger charge is 2.28. The molecule has 0 amide bonds. The molecule has 0 saturated carbocycles. The Morgan fingerprint density at radius 3 is 2.31 bits per heavy atom. The molecule has 0 atom stereocenters. The van der Waals surface area contributed by atoms with Gasteiger partial charge in [-0.25, -0.2) is 0 Å². The Labute approximate surface area is 171 Å². The standard InChI is InChI=1S/C22H30N4O3/c27-21-19(23-7-4-8-24-13-15-29-16-14-24)20(22(21)28)26-11-9-25(10-12-26)17-18-5-2-1-3-6-18/h1-3,5-6,23H,4,7-17H2. The molecule has 2 heterocycles. The van der Waals surface area contributed by atoms with E-state index in [1.807, 2.05) is 6.07 Å². The normalized spacial score (nSPS) is 19.0. The molecule has 29 heavy (non-hydrogen) atoms. The molecule has 0 radical (unpaired) electrons. The van der Waals surface area contributed by atoms with Crippen molar-refractivity contribution in [2.24, 2.45) is 0 Å². The van der Waals surface area contributed by atoms with Gasteiger partial charge in [-0.1, -0.05) is 30.3 Å². The van der Waals surface area contributed by atoms with Crippen LogP contribution in [0.25, 0.3) is 0 Å². The third-order valence-electron chi connectivity index (χ3n) is 5.88. The Kier molecular flexibility index (Phi) is 6.59. The van der Waals surface area contributed by atoms with Crippen LogP contribution in [-0.2, 0) is 11.3 Å². The Morgan fingerprint density at radius 1 is 0.862 bits per heavy atom. The molecular weight excluding hydrogens is 368 g/mol. The number of anilines is 2. The lowest BCUT2D eigenvalue weighted by Crippen LogP contribution is -2.51. The van der Waals surface area contributed by atoms with Crippen LogP contribution in [0.1, 0.15) is 12.0 Å². The minimum absolute atomic E-state index is 0.336. The highest BCUT2D eigenvalue weighted by molar-refractivity contribution is 5.75. The summed E-state index contributed by atoms with van der Waals surface area (Å²) in [6.45, 7) is 9.50.